The molecule has 0 amide bonds. The molecule has 6 heteroatoms. The summed E-state index contributed by atoms with van der Waals surface area (Å²) in [5, 5.41) is 0. The molecule has 1 aliphatic heterocycles. The van der Waals surface area contributed by atoms with E-state index in [0.717, 1.165) is 29.1 Å². The molecule has 0 atom stereocenters. The Bertz CT molecular complexity index is 694. The van der Waals surface area contributed by atoms with Crippen LogP contribution in [0.15, 0.2) is 12.1 Å². The molecule has 23 heavy (non-hydrogen) atoms. The predicted molar refractivity (Wildman–Crippen MR) is 87.2 cm³/mol. The van der Waals surface area contributed by atoms with Crippen molar-refractivity contribution >= 4 is 11.0 Å². The molecule has 2 heterocycles. The van der Waals surface area contributed by atoms with Gasteiger partial charge in [-0.3, -0.25) is 0 Å². The fourth-order valence-corrected chi connectivity index (χ4v) is 3.23. The van der Waals surface area contributed by atoms with Crippen LogP contribution in [0.3, 0.4) is 0 Å². The van der Waals surface area contributed by atoms with Gasteiger partial charge in [-0.1, -0.05) is 6.42 Å². The van der Waals surface area contributed by atoms with Gasteiger partial charge in [-0.15, -0.1) is 0 Å². The molecule has 1 aromatic heterocycles. The second-order valence-electron chi connectivity index (χ2n) is 6.14. The lowest BCUT2D eigenvalue weighted by Crippen LogP contribution is -2.18. The molecule has 0 unspecified atom stereocenters. The van der Waals surface area contributed by atoms with Gasteiger partial charge in [0.05, 0.1) is 24.2 Å². The fourth-order valence-electron chi connectivity index (χ4n) is 3.23. The van der Waals surface area contributed by atoms with Crippen LogP contribution in [0.25, 0.3) is 11.0 Å². The summed E-state index contributed by atoms with van der Waals surface area (Å²) in [5.41, 5.74) is 7.57. The zero-order valence-electron chi connectivity index (χ0n) is 13.3. The van der Waals surface area contributed by atoms with Crippen LogP contribution in [0.5, 0.6) is 11.5 Å². The van der Waals surface area contributed by atoms with Gasteiger partial charge < -0.3 is 24.5 Å². The highest BCUT2D eigenvalue weighted by Gasteiger charge is 2.27. The van der Waals surface area contributed by atoms with Gasteiger partial charge in [0.15, 0.2) is 11.5 Å². The first-order chi connectivity index (χ1) is 11.4. The second kappa shape index (κ2) is 6.37. The van der Waals surface area contributed by atoms with E-state index < -0.39 is 0 Å². The van der Waals surface area contributed by atoms with E-state index >= 15 is 0 Å². The molecular formula is C17H23N3O3. The van der Waals surface area contributed by atoms with Crippen molar-refractivity contribution in [3.8, 4) is 11.5 Å². The quantitative estimate of drug-likeness (QED) is 0.826. The van der Waals surface area contributed by atoms with Gasteiger partial charge in [-0.2, -0.15) is 0 Å². The summed E-state index contributed by atoms with van der Waals surface area (Å²) in [6.07, 6.45) is 3.74. The largest absolute Gasteiger partial charge is 0.486 e. The zero-order chi connectivity index (χ0) is 15.6. The van der Waals surface area contributed by atoms with Crippen molar-refractivity contribution in [2.75, 3.05) is 33.0 Å². The molecule has 1 fully saturated rings. The Balaban J connectivity index is 1.69. The molecule has 0 radical (unpaired) electrons. The molecule has 2 aromatic rings. The molecule has 1 aliphatic carbocycles. The number of hydrogen-bond acceptors (Lipinski definition) is 5. The third kappa shape index (κ3) is 2.77. The van der Waals surface area contributed by atoms with Crippen molar-refractivity contribution in [3.63, 3.8) is 0 Å². The molecule has 124 valence electrons. The SMILES string of the molecule is NCCOCCn1c(C2CCC2)nc2cc3c(cc21)OCCO3. The molecular weight excluding hydrogens is 294 g/mol. The first-order valence-corrected chi connectivity index (χ1v) is 8.44. The minimum atomic E-state index is 0.554. The van der Waals surface area contributed by atoms with Crippen LogP contribution in [0.4, 0.5) is 0 Å². The standard InChI is InChI=1S/C17H23N3O3/c18-4-6-21-7-5-20-14-11-16-15(22-8-9-23-16)10-13(14)19-17(20)12-2-1-3-12/h10-12H,1-9,18H2. The number of ether oxygens (including phenoxy) is 3. The van der Waals surface area contributed by atoms with Gasteiger partial charge in [-0.05, 0) is 12.8 Å². The maximum absolute atomic E-state index is 5.73. The number of benzene rings is 1. The van der Waals surface area contributed by atoms with E-state index in [1.165, 1.54) is 25.1 Å². The third-order valence-electron chi connectivity index (χ3n) is 4.63. The molecule has 6 nitrogen and oxygen atoms in total. The fraction of sp³-hybridized carbons (Fsp3) is 0.588. The monoisotopic (exact) mass is 317 g/mol. The van der Waals surface area contributed by atoms with Crippen LogP contribution in [0.1, 0.15) is 31.0 Å². The predicted octanol–water partition coefficient (Wildman–Crippen LogP) is 2.05. The maximum atomic E-state index is 5.73. The van der Waals surface area contributed by atoms with Gasteiger partial charge in [0.2, 0.25) is 0 Å². The van der Waals surface area contributed by atoms with Crippen LogP contribution < -0.4 is 15.2 Å². The number of nitrogens with two attached hydrogens (primary N) is 1. The highest BCUT2D eigenvalue weighted by Crippen LogP contribution is 2.40. The van der Waals surface area contributed by atoms with E-state index in [1.807, 2.05) is 6.07 Å². The van der Waals surface area contributed by atoms with Crippen LogP contribution in [0, 0.1) is 0 Å². The van der Waals surface area contributed by atoms with Crippen LogP contribution in [-0.4, -0.2) is 42.5 Å². The topological polar surface area (TPSA) is 71.5 Å². The number of aromatic nitrogens is 2. The first kappa shape index (κ1) is 14.8. The van der Waals surface area contributed by atoms with Crippen molar-refractivity contribution in [2.45, 2.75) is 31.7 Å². The van der Waals surface area contributed by atoms with Crippen LogP contribution in [0.2, 0.25) is 0 Å². The van der Waals surface area contributed by atoms with E-state index in [-0.39, 0.29) is 0 Å². The Kier molecular flexibility index (Phi) is 4.10. The number of imidazole rings is 1. The van der Waals surface area contributed by atoms with E-state index in [2.05, 4.69) is 10.6 Å². The highest BCUT2D eigenvalue weighted by molar-refractivity contribution is 5.81. The van der Waals surface area contributed by atoms with Gasteiger partial charge in [0.25, 0.3) is 0 Å². The summed E-state index contributed by atoms with van der Waals surface area (Å²) in [6, 6.07) is 4.06. The van der Waals surface area contributed by atoms with E-state index in [9.17, 15) is 0 Å². The lowest BCUT2D eigenvalue weighted by atomic mass is 9.85. The summed E-state index contributed by atoms with van der Waals surface area (Å²) >= 11 is 0. The Morgan fingerprint density at radius 3 is 2.65 bits per heavy atom. The van der Waals surface area contributed by atoms with Crippen molar-refractivity contribution in [1.82, 2.24) is 9.55 Å². The van der Waals surface area contributed by atoms with Crippen molar-refractivity contribution < 1.29 is 14.2 Å². The average molecular weight is 317 g/mol. The number of fused-ring (bicyclic) bond motifs is 2. The summed E-state index contributed by atoms with van der Waals surface area (Å²) in [7, 11) is 0. The maximum Gasteiger partial charge on any atom is 0.163 e. The van der Waals surface area contributed by atoms with Gasteiger partial charge in [-0.25, -0.2) is 4.98 Å². The lowest BCUT2D eigenvalue weighted by molar-refractivity contribution is 0.132. The van der Waals surface area contributed by atoms with Crippen molar-refractivity contribution in [3.05, 3.63) is 18.0 Å². The zero-order valence-corrected chi connectivity index (χ0v) is 13.3. The van der Waals surface area contributed by atoms with Crippen molar-refractivity contribution in [2.24, 2.45) is 5.73 Å². The van der Waals surface area contributed by atoms with Gasteiger partial charge >= 0.3 is 0 Å². The number of rotatable bonds is 6. The van der Waals surface area contributed by atoms with Gasteiger partial charge in [0.1, 0.15) is 19.0 Å². The summed E-state index contributed by atoms with van der Waals surface area (Å²) in [4.78, 5) is 4.89. The van der Waals surface area contributed by atoms with E-state index in [4.69, 9.17) is 24.9 Å². The minimum Gasteiger partial charge on any atom is -0.486 e. The van der Waals surface area contributed by atoms with E-state index in [0.29, 0.717) is 38.9 Å². The number of nitrogens with zero attached hydrogens (tertiary/aromatic N) is 2. The Hall–Kier alpha value is -1.79. The molecule has 0 saturated heterocycles. The Labute approximate surface area is 135 Å². The number of hydrogen-bond donors (Lipinski definition) is 1. The van der Waals surface area contributed by atoms with Crippen molar-refractivity contribution in [1.29, 1.82) is 0 Å². The minimum absolute atomic E-state index is 0.554. The molecule has 2 N–H and O–H groups in total. The molecule has 1 saturated carbocycles. The normalized spacial score (nSPS) is 17.4. The summed E-state index contributed by atoms with van der Waals surface area (Å²) < 4.78 is 19.3. The molecule has 4 rings (SSSR count). The van der Waals surface area contributed by atoms with Crippen LogP contribution >= 0.6 is 0 Å². The smallest absolute Gasteiger partial charge is 0.163 e. The van der Waals surface area contributed by atoms with Gasteiger partial charge in [0, 0.05) is 31.1 Å². The van der Waals surface area contributed by atoms with Crippen LogP contribution in [-0.2, 0) is 11.3 Å². The lowest BCUT2D eigenvalue weighted by Gasteiger charge is -2.25. The molecule has 1 aromatic carbocycles. The molecule has 2 aliphatic rings. The molecule has 0 spiro atoms. The Morgan fingerprint density at radius 2 is 1.96 bits per heavy atom. The Morgan fingerprint density at radius 1 is 1.17 bits per heavy atom. The highest BCUT2D eigenvalue weighted by atomic mass is 16.6. The molecule has 0 bridgehead atoms. The second-order valence-corrected chi connectivity index (χ2v) is 6.14. The summed E-state index contributed by atoms with van der Waals surface area (Å²) in [6.45, 7) is 3.79. The van der Waals surface area contributed by atoms with E-state index in [1.54, 1.807) is 0 Å². The summed E-state index contributed by atoms with van der Waals surface area (Å²) in [5.74, 6) is 3.35. The first-order valence-electron chi connectivity index (χ1n) is 8.44. The third-order valence-corrected chi connectivity index (χ3v) is 4.63. The average Bonchev–Trinajstić information content (AvgIpc) is 2.85.